The van der Waals surface area contributed by atoms with Crippen molar-refractivity contribution in [1.29, 1.82) is 0 Å². The van der Waals surface area contributed by atoms with Gasteiger partial charge in [0.2, 0.25) is 0 Å². The monoisotopic (exact) mass is 275 g/mol. The predicted octanol–water partition coefficient (Wildman–Crippen LogP) is 2.94. The Bertz CT molecular complexity index is 562. The lowest BCUT2D eigenvalue weighted by Crippen LogP contribution is -2.25. The quantitative estimate of drug-likeness (QED) is 0.934. The second-order valence-electron chi connectivity index (χ2n) is 4.43. The van der Waals surface area contributed by atoms with Crippen LogP contribution in [0, 0.1) is 5.82 Å². The topological polar surface area (TPSA) is 37.8 Å². The van der Waals surface area contributed by atoms with Gasteiger partial charge < -0.3 is 5.32 Å². The largest absolute Gasteiger partial charge is 0.304 e. The minimum Gasteiger partial charge on any atom is -0.304 e. The molecule has 2 heterocycles. The summed E-state index contributed by atoms with van der Waals surface area (Å²) >= 11 is 1.60. The average molecular weight is 275 g/mol. The molecule has 1 unspecified atom stereocenters. The van der Waals surface area contributed by atoms with E-state index in [0.29, 0.717) is 6.54 Å². The molecule has 5 heteroatoms. The molecule has 1 aliphatic heterocycles. The van der Waals surface area contributed by atoms with Crippen molar-refractivity contribution in [3.05, 3.63) is 53.9 Å². The second kappa shape index (κ2) is 5.67. The number of thioether (sulfide) groups is 1. The zero-order valence-electron chi connectivity index (χ0n) is 10.3. The Morgan fingerprint density at radius 2 is 2.32 bits per heavy atom. The minimum absolute atomic E-state index is 0.115. The fourth-order valence-corrected chi connectivity index (χ4v) is 3.39. The Labute approximate surface area is 115 Å². The van der Waals surface area contributed by atoms with Crippen LogP contribution < -0.4 is 5.32 Å². The SMILES string of the molecule is Fc1cccc2c1SCCC2NCc1ccncn1. The number of hydrogen-bond donors (Lipinski definition) is 1. The third kappa shape index (κ3) is 2.77. The van der Waals surface area contributed by atoms with Crippen LogP contribution in [-0.4, -0.2) is 15.7 Å². The van der Waals surface area contributed by atoms with Gasteiger partial charge in [-0.2, -0.15) is 0 Å². The van der Waals surface area contributed by atoms with Crippen LogP contribution in [0.3, 0.4) is 0 Å². The van der Waals surface area contributed by atoms with Crippen molar-refractivity contribution in [3.63, 3.8) is 0 Å². The molecule has 1 aromatic carbocycles. The van der Waals surface area contributed by atoms with Crippen LogP contribution in [0.15, 0.2) is 41.7 Å². The van der Waals surface area contributed by atoms with Gasteiger partial charge in [-0.3, -0.25) is 0 Å². The van der Waals surface area contributed by atoms with E-state index < -0.39 is 0 Å². The van der Waals surface area contributed by atoms with E-state index in [1.165, 1.54) is 6.07 Å². The molecule has 0 radical (unpaired) electrons. The van der Waals surface area contributed by atoms with Crippen molar-refractivity contribution in [2.45, 2.75) is 23.9 Å². The molecule has 19 heavy (non-hydrogen) atoms. The first-order valence-electron chi connectivity index (χ1n) is 6.24. The minimum atomic E-state index is -0.115. The summed E-state index contributed by atoms with van der Waals surface area (Å²) in [5.41, 5.74) is 2.01. The van der Waals surface area contributed by atoms with Crippen molar-refractivity contribution in [1.82, 2.24) is 15.3 Å². The highest BCUT2D eigenvalue weighted by atomic mass is 32.2. The maximum Gasteiger partial charge on any atom is 0.137 e. The van der Waals surface area contributed by atoms with E-state index in [0.717, 1.165) is 28.3 Å². The molecule has 3 nitrogen and oxygen atoms in total. The first kappa shape index (κ1) is 12.6. The number of hydrogen-bond acceptors (Lipinski definition) is 4. The fraction of sp³-hybridized carbons (Fsp3) is 0.286. The Balaban J connectivity index is 1.75. The lowest BCUT2D eigenvalue weighted by molar-refractivity contribution is 0.492. The summed E-state index contributed by atoms with van der Waals surface area (Å²) in [7, 11) is 0. The first-order chi connectivity index (χ1) is 9.34. The lowest BCUT2D eigenvalue weighted by Gasteiger charge is -2.26. The van der Waals surface area contributed by atoms with Crippen LogP contribution in [0.2, 0.25) is 0 Å². The van der Waals surface area contributed by atoms with Gasteiger partial charge in [-0.15, -0.1) is 11.8 Å². The number of nitrogens with one attached hydrogen (secondary N) is 1. The van der Waals surface area contributed by atoms with Crippen LogP contribution in [-0.2, 0) is 6.54 Å². The van der Waals surface area contributed by atoms with Crippen molar-refractivity contribution in [2.75, 3.05) is 5.75 Å². The molecule has 0 bridgehead atoms. The second-order valence-corrected chi connectivity index (χ2v) is 5.53. The van der Waals surface area contributed by atoms with Crippen LogP contribution in [0.1, 0.15) is 23.7 Å². The van der Waals surface area contributed by atoms with Crippen LogP contribution in [0.5, 0.6) is 0 Å². The van der Waals surface area contributed by atoms with E-state index in [9.17, 15) is 4.39 Å². The van der Waals surface area contributed by atoms with E-state index in [1.54, 1.807) is 30.4 Å². The van der Waals surface area contributed by atoms with Gasteiger partial charge in [0.25, 0.3) is 0 Å². The van der Waals surface area contributed by atoms with Crippen LogP contribution in [0.4, 0.5) is 4.39 Å². The summed E-state index contributed by atoms with van der Waals surface area (Å²) in [5.74, 6) is 0.825. The Kier molecular flexibility index (Phi) is 3.75. The summed E-state index contributed by atoms with van der Waals surface area (Å²) in [6.07, 6.45) is 4.28. The average Bonchev–Trinajstić information content (AvgIpc) is 2.47. The van der Waals surface area contributed by atoms with Gasteiger partial charge in [0.15, 0.2) is 0 Å². The van der Waals surface area contributed by atoms with Gasteiger partial charge in [0, 0.05) is 23.7 Å². The van der Waals surface area contributed by atoms with Crippen molar-refractivity contribution >= 4 is 11.8 Å². The van der Waals surface area contributed by atoms with Gasteiger partial charge in [0.1, 0.15) is 12.1 Å². The molecule has 0 aliphatic carbocycles. The van der Waals surface area contributed by atoms with Crippen LogP contribution in [0.25, 0.3) is 0 Å². The first-order valence-corrected chi connectivity index (χ1v) is 7.22. The van der Waals surface area contributed by atoms with Gasteiger partial charge in [-0.25, -0.2) is 14.4 Å². The zero-order chi connectivity index (χ0) is 13.1. The molecule has 0 saturated carbocycles. The smallest absolute Gasteiger partial charge is 0.137 e. The normalized spacial score (nSPS) is 18.1. The molecule has 0 spiro atoms. The lowest BCUT2D eigenvalue weighted by atomic mass is 10.0. The van der Waals surface area contributed by atoms with Crippen molar-refractivity contribution < 1.29 is 4.39 Å². The molecule has 1 atom stereocenters. The standard InChI is InChI=1S/C14H14FN3S/c15-12-3-1-2-11-13(5-7-19-14(11)12)17-8-10-4-6-16-9-18-10/h1-4,6,9,13,17H,5,7-8H2. The summed E-state index contributed by atoms with van der Waals surface area (Å²) in [6.45, 7) is 0.674. The third-order valence-electron chi connectivity index (χ3n) is 3.20. The van der Waals surface area contributed by atoms with E-state index in [-0.39, 0.29) is 11.9 Å². The molecule has 0 fully saturated rings. The van der Waals surface area contributed by atoms with E-state index in [1.807, 2.05) is 12.1 Å². The molecule has 2 aromatic rings. The number of benzene rings is 1. The Hall–Kier alpha value is -1.46. The zero-order valence-corrected chi connectivity index (χ0v) is 11.2. The van der Waals surface area contributed by atoms with E-state index in [2.05, 4.69) is 15.3 Å². The highest BCUT2D eigenvalue weighted by Crippen LogP contribution is 2.37. The third-order valence-corrected chi connectivity index (χ3v) is 4.36. The molecule has 0 amide bonds. The molecular formula is C14H14FN3S. The Morgan fingerprint density at radius 1 is 1.37 bits per heavy atom. The molecule has 1 aliphatic rings. The van der Waals surface area contributed by atoms with Crippen molar-refractivity contribution in [3.8, 4) is 0 Å². The number of aromatic nitrogens is 2. The van der Waals surface area contributed by atoms with Gasteiger partial charge >= 0.3 is 0 Å². The van der Waals surface area contributed by atoms with Gasteiger partial charge in [-0.1, -0.05) is 12.1 Å². The molecule has 1 N–H and O–H groups in total. The molecule has 0 saturated heterocycles. The summed E-state index contributed by atoms with van der Waals surface area (Å²) < 4.78 is 13.7. The van der Waals surface area contributed by atoms with Gasteiger partial charge in [-0.05, 0) is 29.9 Å². The van der Waals surface area contributed by atoms with Gasteiger partial charge in [0.05, 0.1) is 5.69 Å². The molecular weight excluding hydrogens is 261 g/mol. The molecule has 1 aromatic heterocycles. The number of halogens is 1. The van der Waals surface area contributed by atoms with Crippen LogP contribution >= 0.6 is 11.8 Å². The molecule has 3 rings (SSSR count). The number of nitrogens with zero attached hydrogens (tertiary/aromatic N) is 2. The maximum absolute atomic E-state index is 13.7. The molecule has 98 valence electrons. The highest BCUT2D eigenvalue weighted by Gasteiger charge is 2.22. The fourth-order valence-electron chi connectivity index (χ4n) is 2.25. The highest BCUT2D eigenvalue weighted by molar-refractivity contribution is 7.99. The maximum atomic E-state index is 13.7. The summed E-state index contributed by atoms with van der Waals surface area (Å²) in [6, 6.07) is 7.39. The number of fused-ring (bicyclic) bond motifs is 1. The van der Waals surface area contributed by atoms with E-state index >= 15 is 0 Å². The summed E-state index contributed by atoms with van der Waals surface area (Å²) in [5, 5.41) is 3.45. The summed E-state index contributed by atoms with van der Waals surface area (Å²) in [4.78, 5) is 8.87. The van der Waals surface area contributed by atoms with Crippen molar-refractivity contribution in [2.24, 2.45) is 0 Å². The Morgan fingerprint density at radius 3 is 3.16 bits per heavy atom. The van der Waals surface area contributed by atoms with E-state index in [4.69, 9.17) is 0 Å². The number of rotatable bonds is 3. The predicted molar refractivity (Wildman–Crippen MR) is 73.4 cm³/mol.